The fourth-order valence-electron chi connectivity index (χ4n) is 5.34. The van der Waals surface area contributed by atoms with E-state index in [4.69, 9.17) is 0 Å². The molecule has 2 saturated heterocycles. The van der Waals surface area contributed by atoms with E-state index in [2.05, 4.69) is 28.4 Å². The van der Waals surface area contributed by atoms with Crippen LogP contribution in [0.5, 0.6) is 0 Å². The quantitative estimate of drug-likeness (QED) is 0.825. The molecule has 4 nitrogen and oxygen atoms in total. The number of pyridine rings is 1. The van der Waals surface area contributed by atoms with E-state index in [0.29, 0.717) is 5.41 Å². The van der Waals surface area contributed by atoms with Crippen LogP contribution in [-0.2, 0) is 19.5 Å². The Morgan fingerprint density at radius 1 is 1.07 bits per heavy atom. The third kappa shape index (κ3) is 3.65. The van der Waals surface area contributed by atoms with Crippen molar-refractivity contribution < 1.29 is 0 Å². The average molecular weight is 410 g/mol. The van der Waals surface area contributed by atoms with Crippen LogP contribution >= 0.6 is 24.8 Å². The number of nitrogens with zero attached hydrogens (tertiary/aromatic N) is 2. The number of para-hydroxylation sites is 1. The van der Waals surface area contributed by atoms with Gasteiger partial charge in [-0.05, 0) is 68.3 Å². The highest BCUT2D eigenvalue weighted by Gasteiger charge is 2.38. The summed E-state index contributed by atoms with van der Waals surface area (Å²) in [7, 11) is 0. The molecule has 3 aliphatic rings. The zero-order valence-corrected chi connectivity index (χ0v) is 17.3. The molecule has 1 N–H and O–H groups in total. The number of nitrogens with one attached hydrogen (secondary N) is 1. The van der Waals surface area contributed by atoms with Crippen molar-refractivity contribution in [2.45, 2.75) is 45.2 Å². The van der Waals surface area contributed by atoms with Gasteiger partial charge in [-0.15, -0.1) is 24.8 Å². The van der Waals surface area contributed by atoms with E-state index < -0.39 is 0 Å². The van der Waals surface area contributed by atoms with E-state index in [-0.39, 0.29) is 30.4 Å². The van der Waals surface area contributed by atoms with Crippen molar-refractivity contribution in [3.8, 4) is 0 Å². The van der Waals surface area contributed by atoms with Gasteiger partial charge in [0.05, 0.1) is 5.52 Å². The summed E-state index contributed by atoms with van der Waals surface area (Å²) < 4.78 is 2.00. The van der Waals surface area contributed by atoms with Crippen LogP contribution in [0.25, 0.3) is 10.9 Å². The molecule has 5 rings (SSSR count). The Kier molecular flexibility index (Phi) is 6.21. The molecule has 0 unspecified atom stereocenters. The molecule has 1 aromatic heterocycles. The first-order chi connectivity index (χ1) is 12.2. The van der Waals surface area contributed by atoms with E-state index in [9.17, 15) is 4.79 Å². The summed E-state index contributed by atoms with van der Waals surface area (Å²) >= 11 is 0. The highest BCUT2D eigenvalue weighted by molar-refractivity contribution is 5.86. The van der Waals surface area contributed by atoms with Crippen LogP contribution < -0.4 is 10.9 Å². The molecule has 1 aromatic carbocycles. The Morgan fingerprint density at radius 3 is 2.70 bits per heavy atom. The standard InChI is InChI=1S/C21H27N3O.2ClH/c25-19-13-17(14-23-12-8-21(15-23)6-9-22-10-7-21)18-5-1-3-16-4-2-11-24(19)20(16)18;;/h1,3,5,13,22H,2,4,6-12,14-15H2;2*1H. The first-order valence-corrected chi connectivity index (χ1v) is 9.82. The number of aromatic nitrogens is 1. The number of hydrogen-bond donors (Lipinski definition) is 1. The lowest BCUT2D eigenvalue weighted by molar-refractivity contribution is 0.194. The van der Waals surface area contributed by atoms with Gasteiger partial charge in [0.15, 0.2) is 0 Å². The van der Waals surface area contributed by atoms with Gasteiger partial charge in [0.2, 0.25) is 0 Å². The summed E-state index contributed by atoms with van der Waals surface area (Å²) in [5.74, 6) is 0. The molecule has 1 spiro atoms. The second-order valence-electron chi connectivity index (χ2n) is 8.29. The van der Waals surface area contributed by atoms with Gasteiger partial charge in [-0.25, -0.2) is 0 Å². The monoisotopic (exact) mass is 409 g/mol. The summed E-state index contributed by atoms with van der Waals surface area (Å²) in [6.07, 6.45) is 6.09. The zero-order chi connectivity index (χ0) is 16.9. The SMILES string of the molecule is Cl.Cl.O=c1cc(CN2CCC3(CCNCC3)C2)c2cccc3c2n1CCC3. The van der Waals surface area contributed by atoms with Crippen molar-refractivity contribution in [2.24, 2.45) is 5.41 Å². The molecule has 0 bridgehead atoms. The van der Waals surface area contributed by atoms with Gasteiger partial charge in [-0.1, -0.05) is 18.2 Å². The van der Waals surface area contributed by atoms with Crippen molar-refractivity contribution in [2.75, 3.05) is 26.2 Å². The van der Waals surface area contributed by atoms with Crippen molar-refractivity contribution in [1.82, 2.24) is 14.8 Å². The van der Waals surface area contributed by atoms with E-state index in [1.165, 1.54) is 54.4 Å². The maximum atomic E-state index is 12.7. The van der Waals surface area contributed by atoms with E-state index >= 15 is 0 Å². The van der Waals surface area contributed by atoms with Crippen molar-refractivity contribution in [3.05, 3.63) is 45.7 Å². The third-order valence-electron chi connectivity index (χ3n) is 6.70. The van der Waals surface area contributed by atoms with Crippen LogP contribution in [-0.4, -0.2) is 35.6 Å². The number of rotatable bonds is 2. The number of hydrogen-bond acceptors (Lipinski definition) is 3. The van der Waals surface area contributed by atoms with Crippen LogP contribution in [0.15, 0.2) is 29.1 Å². The maximum absolute atomic E-state index is 12.7. The summed E-state index contributed by atoms with van der Waals surface area (Å²) in [5, 5.41) is 4.79. The summed E-state index contributed by atoms with van der Waals surface area (Å²) in [4.78, 5) is 15.3. The first-order valence-electron chi connectivity index (χ1n) is 9.82. The Labute approximate surface area is 173 Å². The smallest absolute Gasteiger partial charge is 0.251 e. The summed E-state index contributed by atoms with van der Waals surface area (Å²) in [5.41, 5.74) is 4.48. The zero-order valence-electron chi connectivity index (χ0n) is 15.7. The summed E-state index contributed by atoms with van der Waals surface area (Å²) in [6.45, 7) is 6.48. The van der Waals surface area contributed by atoms with Gasteiger partial charge in [0.1, 0.15) is 0 Å². The minimum Gasteiger partial charge on any atom is -0.317 e. The minimum atomic E-state index is 0. The van der Waals surface area contributed by atoms with Gasteiger partial charge in [-0.2, -0.15) is 0 Å². The lowest BCUT2D eigenvalue weighted by atomic mass is 9.78. The van der Waals surface area contributed by atoms with Crippen molar-refractivity contribution in [3.63, 3.8) is 0 Å². The Bertz CT molecular complexity index is 874. The lowest BCUT2D eigenvalue weighted by Gasteiger charge is -2.34. The molecule has 0 amide bonds. The Hall–Kier alpha value is -1.07. The van der Waals surface area contributed by atoms with E-state index in [0.717, 1.165) is 39.0 Å². The number of likely N-dealkylation sites (tertiary alicyclic amines) is 1. The molecule has 0 saturated carbocycles. The predicted octanol–water partition coefficient (Wildman–Crippen LogP) is 3.37. The number of benzene rings is 1. The van der Waals surface area contributed by atoms with Crippen LogP contribution in [0, 0.1) is 5.41 Å². The molecule has 6 heteroatoms. The lowest BCUT2D eigenvalue weighted by Crippen LogP contribution is -2.38. The van der Waals surface area contributed by atoms with Crippen molar-refractivity contribution >= 4 is 35.7 Å². The number of halogens is 2. The van der Waals surface area contributed by atoms with E-state index in [1.54, 1.807) is 0 Å². The molecule has 2 aromatic rings. The molecule has 4 heterocycles. The highest BCUT2D eigenvalue weighted by Crippen LogP contribution is 2.39. The molecule has 0 radical (unpaired) electrons. The fraction of sp³-hybridized carbons (Fsp3) is 0.571. The fourth-order valence-corrected chi connectivity index (χ4v) is 5.34. The third-order valence-corrected chi connectivity index (χ3v) is 6.70. The Balaban J connectivity index is 0.00000105. The van der Waals surface area contributed by atoms with Gasteiger partial charge < -0.3 is 9.88 Å². The minimum absolute atomic E-state index is 0. The van der Waals surface area contributed by atoms with Crippen LogP contribution in [0.3, 0.4) is 0 Å². The normalized spacial score (nSPS) is 21.0. The molecule has 0 aliphatic carbocycles. The second kappa shape index (κ2) is 8.12. The molecule has 2 fully saturated rings. The molecular weight excluding hydrogens is 381 g/mol. The molecule has 0 atom stereocenters. The molecular formula is C21H29Cl2N3O. The van der Waals surface area contributed by atoms with Gasteiger partial charge in [0.25, 0.3) is 5.56 Å². The number of piperidine rings is 1. The van der Waals surface area contributed by atoms with Gasteiger partial charge >= 0.3 is 0 Å². The molecule has 148 valence electrons. The van der Waals surface area contributed by atoms with Crippen LogP contribution in [0.1, 0.15) is 36.8 Å². The van der Waals surface area contributed by atoms with Crippen molar-refractivity contribution in [1.29, 1.82) is 0 Å². The van der Waals surface area contributed by atoms with Crippen LogP contribution in [0.2, 0.25) is 0 Å². The second-order valence-corrected chi connectivity index (χ2v) is 8.29. The Morgan fingerprint density at radius 2 is 1.89 bits per heavy atom. The van der Waals surface area contributed by atoms with Gasteiger partial charge in [-0.3, -0.25) is 9.69 Å². The molecule has 27 heavy (non-hydrogen) atoms. The summed E-state index contributed by atoms with van der Waals surface area (Å²) in [6, 6.07) is 8.48. The predicted molar refractivity (Wildman–Crippen MR) is 115 cm³/mol. The van der Waals surface area contributed by atoms with Crippen LogP contribution in [0.4, 0.5) is 0 Å². The average Bonchev–Trinajstić information content (AvgIpc) is 3.01. The largest absolute Gasteiger partial charge is 0.317 e. The molecule has 3 aliphatic heterocycles. The van der Waals surface area contributed by atoms with Gasteiger partial charge in [0, 0.05) is 31.1 Å². The topological polar surface area (TPSA) is 37.3 Å². The first kappa shape index (κ1) is 20.7. The van der Waals surface area contributed by atoms with E-state index in [1.807, 2.05) is 10.6 Å². The maximum Gasteiger partial charge on any atom is 0.251 e. The highest BCUT2D eigenvalue weighted by atomic mass is 35.5. The number of aryl methyl sites for hydroxylation is 2.